The van der Waals surface area contributed by atoms with Gasteiger partial charge in [0, 0.05) is 5.69 Å². The number of anilines is 1. The third-order valence-corrected chi connectivity index (χ3v) is 5.60. The van der Waals surface area contributed by atoms with Gasteiger partial charge in [0.1, 0.15) is 17.2 Å². The van der Waals surface area contributed by atoms with Crippen molar-refractivity contribution in [3.05, 3.63) is 120 Å². The number of hydrogen-bond donors (Lipinski definition) is 3. The largest absolute Gasteiger partial charge is 0.484 e. The number of hydrazone groups is 1. The van der Waals surface area contributed by atoms with Crippen LogP contribution in [0.15, 0.2) is 114 Å². The molecule has 0 spiro atoms. The lowest BCUT2D eigenvalue weighted by atomic mass is 10.1. The second-order valence-corrected chi connectivity index (χ2v) is 8.65. The number of carbonyl (C=O) groups is 3. The molecule has 0 unspecified atom stereocenters. The van der Waals surface area contributed by atoms with E-state index >= 15 is 0 Å². The number of para-hydroxylation sites is 1. The molecule has 0 radical (unpaired) electrons. The Morgan fingerprint density at radius 2 is 1.35 bits per heavy atom. The first-order chi connectivity index (χ1) is 19.5. The molecule has 0 aromatic heterocycles. The van der Waals surface area contributed by atoms with Gasteiger partial charge in [-0.1, -0.05) is 48.5 Å². The van der Waals surface area contributed by atoms with Crippen molar-refractivity contribution in [2.24, 2.45) is 5.10 Å². The van der Waals surface area contributed by atoms with E-state index in [2.05, 4.69) is 21.2 Å². The maximum Gasteiger partial charge on any atom is 0.329 e. The normalized spacial score (nSPS) is 11.3. The van der Waals surface area contributed by atoms with Crippen LogP contribution in [0.4, 0.5) is 5.69 Å². The van der Waals surface area contributed by atoms with Crippen LogP contribution >= 0.6 is 0 Å². The molecule has 0 saturated heterocycles. The summed E-state index contributed by atoms with van der Waals surface area (Å²) in [5.41, 5.74) is 4.29. The van der Waals surface area contributed by atoms with Gasteiger partial charge in [-0.2, -0.15) is 5.10 Å². The van der Waals surface area contributed by atoms with E-state index in [0.717, 1.165) is 5.56 Å². The molecule has 4 rings (SSSR count). The highest BCUT2D eigenvalue weighted by atomic mass is 16.5. The molecule has 9 nitrogen and oxygen atoms in total. The van der Waals surface area contributed by atoms with E-state index < -0.39 is 11.8 Å². The molecule has 1 atom stereocenters. The number of benzene rings is 4. The van der Waals surface area contributed by atoms with Crippen molar-refractivity contribution < 1.29 is 23.9 Å². The van der Waals surface area contributed by atoms with Gasteiger partial charge >= 0.3 is 11.8 Å². The number of ether oxygens (including phenoxy) is 2. The van der Waals surface area contributed by atoms with Crippen molar-refractivity contribution in [2.45, 2.75) is 13.0 Å². The first kappa shape index (κ1) is 27.6. The Morgan fingerprint density at radius 1 is 0.750 bits per heavy atom. The highest BCUT2D eigenvalue weighted by Gasteiger charge is 2.13. The van der Waals surface area contributed by atoms with Crippen molar-refractivity contribution >= 4 is 29.6 Å². The third-order valence-electron chi connectivity index (χ3n) is 5.60. The predicted octanol–water partition coefficient (Wildman–Crippen LogP) is 4.82. The fraction of sp³-hybridized carbons (Fsp3) is 0.0968. The van der Waals surface area contributed by atoms with Gasteiger partial charge in [-0.25, -0.2) is 5.43 Å². The summed E-state index contributed by atoms with van der Waals surface area (Å²) in [6.45, 7) is 1.78. The molecular weight excluding hydrogens is 508 g/mol. The fourth-order valence-electron chi connectivity index (χ4n) is 3.54. The lowest BCUT2D eigenvalue weighted by Crippen LogP contribution is -2.32. The maximum atomic E-state index is 12.2. The number of hydrogen-bond acceptors (Lipinski definition) is 6. The molecule has 3 amide bonds. The van der Waals surface area contributed by atoms with Crippen molar-refractivity contribution in [1.29, 1.82) is 0 Å². The maximum absolute atomic E-state index is 12.2. The molecular formula is C31H28N4O5. The minimum atomic E-state index is -0.920. The molecule has 0 aliphatic carbocycles. The molecule has 9 heteroatoms. The van der Waals surface area contributed by atoms with Crippen molar-refractivity contribution in [3.63, 3.8) is 0 Å². The van der Waals surface area contributed by atoms with Crippen molar-refractivity contribution in [1.82, 2.24) is 10.7 Å². The second-order valence-electron chi connectivity index (χ2n) is 8.65. The number of nitrogens with one attached hydrogen (secondary N) is 3. The summed E-state index contributed by atoms with van der Waals surface area (Å²) in [5.74, 6) is -0.234. The van der Waals surface area contributed by atoms with Crippen LogP contribution in [-0.2, 0) is 14.4 Å². The highest BCUT2D eigenvalue weighted by Crippen LogP contribution is 2.22. The summed E-state index contributed by atoms with van der Waals surface area (Å²) in [5, 5.41) is 9.21. The van der Waals surface area contributed by atoms with E-state index in [1.807, 2.05) is 67.6 Å². The molecule has 3 N–H and O–H groups in total. The lowest BCUT2D eigenvalue weighted by Gasteiger charge is -2.14. The molecule has 0 aliphatic rings. The SMILES string of the molecule is C[C@@H](NC(=O)COc1ccc(/C=N\NC(=O)C(=O)Nc2ccc(Oc3ccccc3)cc2)cc1)c1ccccc1. The van der Waals surface area contributed by atoms with E-state index in [9.17, 15) is 14.4 Å². The van der Waals surface area contributed by atoms with Crippen LogP contribution in [0.2, 0.25) is 0 Å². The average Bonchev–Trinajstić information content (AvgIpc) is 2.98. The molecule has 4 aromatic carbocycles. The van der Waals surface area contributed by atoms with E-state index in [4.69, 9.17) is 9.47 Å². The topological polar surface area (TPSA) is 118 Å². The molecule has 40 heavy (non-hydrogen) atoms. The van der Waals surface area contributed by atoms with Crippen LogP contribution in [0.3, 0.4) is 0 Å². The molecule has 0 heterocycles. The zero-order valence-electron chi connectivity index (χ0n) is 21.7. The van der Waals surface area contributed by atoms with Crippen LogP contribution in [0.1, 0.15) is 24.1 Å². The molecule has 0 bridgehead atoms. The first-order valence-electron chi connectivity index (χ1n) is 12.5. The Bertz CT molecular complexity index is 1440. The fourth-order valence-corrected chi connectivity index (χ4v) is 3.54. The van der Waals surface area contributed by atoms with Gasteiger partial charge in [-0.05, 0) is 78.7 Å². The monoisotopic (exact) mass is 536 g/mol. The highest BCUT2D eigenvalue weighted by molar-refractivity contribution is 6.39. The van der Waals surface area contributed by atoms with E-state index in [-0.39, 0.29) is 18.6 Å². The van der Waals surface area contributed by atoms with Gasteiger partial charge in [-0.15, -0.1) is 0 Å². The lowest BCUT2D eigenvalue weighted by molar-refractivity contribution is -0.136. The zero-order chi connectivity index (χ0) is 28.2. The predicted molar refractivity (Wildman–Crippen MR) is 152 cm³/mol. The summed E-state index contributed by atoms with van der Waals surface area (Å²) >= 11 is 0. The average molecular weight is 537 g/mol. The Morgan fingerprint density at radius 3 is 2.02 bits per heavy atom. The van der Waals surface area contributed by atoms with Crippen LogP contribution in [0.5, 0.6) is 17.2 Å². The van der Waals surface area contributed by atoms with Crippen molar-refractivity contribution in [2.75, 3.05) is 11.9 Å². The van der Waals surface area contributed by atoms with E-state index in [0.29, 0.717) is 28.5 Å². The Labute approximate surface area is 231 Å². The van der Waals surface area contributed by atoms with Gasteiger partial charge in [-0.3, -0.25) is 14.4 Å². The van der Waals surface area contributed by atoms with E-state index in [1.165, 1.54) is 6.21 Å². The zero-order valence-corrected chi connectivity index (χ0v) is 21.7. The summed E-state index contributed by atoms with van der Waals surface area (Å²) in [4.78, 5) is 36.5. The van der Waals surface area contributed by atoms with Gasteiger partial charge in [0.15, 0.2) is 6.61 Å². The van der Waals surface area contributed by atoms with Crippen LogP contribution in [0.25, 0.3) is 0 Å². The minimum Gasteiger partial charge on any atom is -0.484 e. The third kappa shape index (κ3) is 8.56. The van der Waals surface area contributed by atoms with Crippen LogP contribution in [-0.4, -0.2) is 30.5 Å². The minimum absolute atomic E-state index is 0.126. The number of carbonyl (C=O) groups excluding carboxylic acids is 3. The molecule has 202 valence electrons. The molecule has 0 saturated carbocycles. The summed E-state index contributed by atoms with van der Waals surface area (Å²) < 4.78 is 11.2. The second kappa shape index (κ2) is 13.9. The smallest absolute Gasteiger partial charge is 0.329 e. The van der Waals surface area contributed by atoms with Gasteiger partial charge < -0.3 is 20.1 Å². The Kier molecular flexibility index (Phi) is 9.60. The summed E-state index contributed by atoms with van der Waals surface area (Å²) in [6, 6.07) is 32.2. The van der Waals surface area contributed by atoms with Crippen LogP contribution < -0.4 is 25.5 Å². The standard InChI is InChI=1S/C31H28N4O5/c1-22(24-8-4-2-5-9-24)33-29(36)21-39-26-16-12-23(13-17-26)20-32-35-31(38)30(37)34-25-14-18-28(19-15-25)40-27-10-6-3-7-11-27/h2-20,22H,21H2,1H3,(H,33,36)(H,34,37)(H,35,38)/b32-20-/t22-/m1/s1. The van der Waals surface area contributed by atoms with Gasteiger partial charge in [0.2, 0.25) is 0 Å². The van der Waals surface area contributed by atoms with Gasteiger partial charge in [0.25, 0.3) is 5.91 Å². The number of rotatable bonds is 10. The molecule has 0 aliphatic heterocycles. The molecule has 4 aromatic rings. The number of amides is 3. The first-order valence-corrected chi connectivity index (χ1v) is 12.5. The Balaban J connectivity index is 1.18. The summed E-state index contributed by atoms with van der Waals surface area (Å²) in [7, 11) is 0. The van der Waals surface area contributed by atoms with E-state index in [1.54, 1.807) is 48.5 Å². The number of nitrogens with zero attached hydrogens (tertiary/aromatic N) is 1. The Hall–Kier alpha value is -5.44. The molecule has 0 fully saturated rings. The quantitative estimate of drug-likeness (QED) is 0.153. The van der Waals surface area contributed by atoms with Crippen molar-refractivity contribution in [3.8, 4) is 17.2 Å². The summed E-state index contributed by atoms with van der Waals surface area (Å²) in [6.07, 6.45) is 1.39. The van der Waals surface area contributed by atoms with Gasteiger partial charge in [0.05, 0.1) is 12.3 Å². The van der Waals surface area contributed by atoms with Crippen LogP contribution in [0, 0.1) is 0 Å².